The first-order valence-electron chi connectivity index (χ1n) is 9.46. The Balaban J connectivity index is 1.77. The Morgan fingerprint density at radius 1 is 1.13 bits per heavy atom. The van der Waals surface area contributed by atoms with E-state index in [4.69, 9.17) is 0 Å². The summed E-state index contributed by atoms with van der Waals surface area (Å²) in [5, 5.41) is 2.18. The molecule has 0 aliphatic carbocycles. The molecule has 1 aliphatic heterocycles. The van der Waals surface area contributed by atoms with Gasteiger partial charge in [-0.05, 0) is 44.5 Å². The second-order valence-electron chi connectivity index (χ2n) is 6.92. The Bertz CT molecular complexity index is 1100. The van der Waals surface area contributed by atoms with Gasteiger partial charge in [0, 0.05) is 18.7 Å². The first-order chi connectivity index (χ1) is 14.2. The Labute approximate surface area is 180 Å². The summed E-state index contributed by atoms with van der Waals surface area (Å²) in [4.78, 5) is 26.5. The van der Waals surface area contributed by atoms with Crippen LogP contribution in [0.25, 0.3) is 0 Å². The van der Waals surface area contributed by atoms with Gasteiger partial charge in [-0.15, -0.1) is 4.40 Å². The zero-order chi connectivity index (χ0) is 21.9. The lowest BCUT2D eigenvalue weighted by atomic mass is 10.2. The maximum atomic E-state index is 12.7. The van der Waals surface area contributed by atoms with Crippen molar-refractivity contribution in [3.05, 3.63) is 59.7 Å². The molecule has 0 aromatic heterocycles. The molecule has 0 radical (unpaired) electrons. The first kappa shape index (κ1) is 22.0. The predicted octanol–water partition coefficient (Wildman–Crippen LogP) is 3.34. The predicted molar refractivity (Wildman–Crippen MR) is 119 cm³/mol. The third-order valence-electron chi connectivity index (χ3n) is 4.64. The van der Waals surface area contributed by atoms with Crippen molar-refractivity contribution in [2.45, 2.75) is 37.3 Å². The minimum Gasteiger partial charge on any atom is -0.326 e. The highest BCUT2D eigenvalue weighted by atomic mass is 32.2. The van der Waals surface area contributed by atoms with Gasteiger partial charge in [0.15, 0.2) is 5.17 Å². The molecule has 0 bridgehead atoms. The molecule has 1 aliphatic rings. The number of anilines is 1. The van der Waals surface area contributed by atoms with Gasteiger partial charge in [-0.1, -0.05) is 47.7 Å². The van der Waals surface area contributed by atoms with Crippen molar-refractivity contribution in [3.63, 3.8) is 0 Å². The molecular weight excluding hydrogens is 422 g/mol. The Morgan fingerprint density at radius 2 is 1.80 bits per heavy atom. The van der Waals surface area contributed by atoms with Crippen LogP contribution in [0.1, 0.15) is 24.5 Å². The van der Waals surface area contributed by atoms with Gasteiger partial charge in [-0.25, -0.2) is 0 Å². The quantitative estimate of drug-likeness (QED) is 0.736. The maximum Gasteiger partial charge on any atom is 0.284 e. The van der Waals surface area contributed by atoms with E-state index in [-0.39, 0.29) is 34.8 Å². The van der Waals surface area contributed by atoms with Crippen LogP contribution in [0.5, 0.6) is 0 Å². The Morgan fingerprint density at radius 3 is 2.43 bits per heavy atom. The van der Waals surface area contributed by atoms with E-state index >= 15 is 0 Å². The fourth-order valence-corrected chi connectivity index (χ4v) is 5.37. The number of amidine groups is 1. The molecule has 2 aromatic carbocycles. The van der Waals surface area contributed by atoms with Crippen LogP contribution in [0.4, 0.5) is 5.69 Å². The molecule has 1 saturated heterocycles. The molecule has 30 heavy (non-hydrogen) atoms. The molecule has 9 heteroatoms. The molecular formula is C21H23N3O4S2. The van der Waals surface area contributed by atoms with Crippen molar-refractivity contribution in [2.24, 2.45) is 4.40 Å². The Kier molecular flexibility index (Phi) is 6.62. The number of thioether (sulfide) groups is 1. The largest absolute Gasteiger partial charge is 0.326 e. The number of nitrogens with zero attached hydrogens (tertiary/aromatic N) is 2. The van der Waals surface area contributed by atoms with Crippen LogP contribution in [0.3, 0.4) is 0 Å². The summed E-state index contributed by atoms with van der Waals surface area (Å²) in [6, 6.07) is 13.7. The summed E-state index contributed by atoms with van der Waals surface area (Å²) in [5.41, 5.74) is 2.53. The number of benzene rings is 2. The number of hydrogen-bond donors (Lipinski definition) is 1. The van der Waals surface area contributed by atoms with E-state index in [9.17, 15) is 18.0 Å². The third-order valence-corrected chi connectivity index (χ3v) is 7.22. The van der Waals surface area contributed by atoms with Crippen LogP contribution in [-0.2, 0) is 19.6 Å². The highest BCUT2D eigenvalue weighted by Gasteiger charge is 2.39. The monoisotopic (exact) mass is 445 g/mol. The second kappa shape index (κ2) is 9.01. The molecule has 1 N–H and O–H groups in total. The topological polar surface area (TPSA) is 95.9 Å². The lowest BCUT2D eigenvalue weighted by Crippen LogP contribution is -2.33. The summed E-state index contributed by atoms with van der Waals surface area (Å²) in [6.07, 6.45) is -0.0715. The normalized spacial score (nSPS) is 18.1. The number of carbonyl (C=O) groups is 2. The van der Waals surface area contributed by atoms with Crippen LogP contribution in [0.2, 0.25) is 0 Å². The molecule has 3 rings (SSSR count). The lowest BCUT2D eigenvalue weighted by molar-refractivity contribution is -0.128. The van der Waals surface area contributed by atoms with Crippen molar-refractivity contribution in [2.75, 3.05) is 11.9 Å². The van der Waals surface area contributed by atoms with Crippen LogP contribution < -0.4 is 5.32 Å². The van der Waals surface area contributed by atoms with Crippen molar-refractivity contribution in [1.29, 1.82) is 0 Å². The number of hydrogen-bond acceptors (Lipinski definition) is 5. The summed E-state index contributed by atoms with van der Waals surface area (Å²) < 4.78 is 29.2. The van der Waals surface area contributed by atoms with Gasteiger partial charge in [-0.2, -0.15) is 8.42 Å². The average Bonchev–Trinajstić information content (AvgIpc) is 2.97. The van der Waals surface area contributed by atoms with Gasteiger partial charge >= 0.3 is 0 Å². The van der Waals surface area contributed by atoms with Crippen molar-refractivity contribution in [3.8, 4) is 0 Å². The fraction of sp³-hybridized carbons (Fsp3) is 0.286. The SMILES string of the molecule is CCN1C(=O)C(CC(=O)Nc2ccccc2C)S/C1=N\S(=O)(=O)c1ccc(C)cc1. The summed E-state index contributed by atoms with van der Waals surface area (Å²) >= 11 is 1.01. The van der Waals surface area contributed by atoms with E-state index in [1.165, 1.54) is 17.0 Å². The number of amides is 2. The highest BCUT2D eigenvalue weighted by molar-refractivity contribution is 8.16. The maximum absolute atomic E-state index is 12.7. The van der Waals surface area contributed by atoms with Gasteiger partial charge in [0.25, 0.3) is 10.0 Å². The van der Waals surface area contributed by atoms with E-state index in [0.29, 0.717) is 5.69 Å². The van der Waals surface area contributed by atoms with E-state index < -0.39 is 15.3 Å². The molecule has 0 spiro atoms. The molecule has 1 atom stereocenters. The van der Waals surface area contributed by atoms with Crippen LogP contribution in [0, 0.1) is 13.8 Å². The third kappa shape index (κ3) is 4.91. The first-order valence-corrected chi connectivity index (χ1v) is 11.8. The summed E-state index contributed by atoms with van der Waals surface area (Å²) in [5.74, 6) is -0.630. The minimum atomic E-state index is -3.96. The van der Waals surface area contributed by atoms with E-state index in [1.807, 2.05) is 32.0 Å². The van der Waals surface area contributed by atoms with Gasteiger partial charge in [0.2, 0.25) is 11.8 Å². The molecule has 0 saturated carbocycles. The average molecular weight is 446 g/mol. The fourth-order valence-electron chi connectivity index (χ4n) is 2.95. The lowest BCUT2D eigenvalue weighted by Gasteiger charge is -2.13. The molecule has 7 nitrogen and oxygen atoms in total. The molecule has 2 amide bonds. The number of nitrogens with one attached hydrogen (secondary N) is 1. The number of para-hydroxylation sites is 1. The second-order valence-corrected chi connectivity index (χ2v) is 9.69. The van der Waals surface area contributed by atoms with Crippen LogP contribution in [0.15, 0.2) is 57.8 Å². The minimum absolute atomic E-state index is 0.0606. The Hall–Kier alpha value is -2.65. The van der Waals surface area contributed by atoms with E-state index in [0.717, 1.165) is 22.9 Å². The van der Waals surface area contributed by atoms with Crippen molar-refractivity contribution in [1.82, 2.24) is 4.90 Å². The zero-order valence-corrected chi connectivity index (χ0v) is 18.6. The summed E-state index contributed by atoms with van der Waals surface area (Å²) in [6.45, 7) is 5.75. The standard InChI is InChI=1S/C21H23N3O4S2/c1-4-24-20(26)18(13-19(25)22-17-8-6-5-7-15(17)3)29-21(24)23-30(27,28)16-11-9-14(2)10-12-16/h5-12,18H,4,13H2,1-3H3,(H,22,25)/b23-21-. The van der Waals surface area contributed by atoms with Gasteiger partial charge in [0.1, 0.15) is 5.25 Å². The van der Waals surface area contributed by atoms with E-state index in [2.05, 4.69) is 9.71 Å². The van der Waals surface area contributed by atoms with Crippen molar-refractivity contribution < 1.29 is 18.0 Å². The summed E-state index contributed by atoms with van der Waals surface area (Å²) in [7, 11) is -3.96. The van der Waals surface area contributed by atoms with Crippen molar-refractivity contribution >= 4 is 44.5 Å². The van der Waals surface area contributed by atoms with E-state index in [1.54, 1.807) is 25.1 Å². The molecule has 1 heterocycles. The molecule has 158 valence electrons. The smallest absolute Gasteiger partial charge is 0.284 e. The number of aryl methyl sites for hydroxylation is 2. The number of rotatable bonds is 6. The number of sulfonamides is 1. The molecule has 1 fully saturated rings. The van der Waals surface area contributed by atoms with Gasteiger partial charge in [0.05, 0.1) is 4.90 Å². The molecule has 2 aromatic rings. The van der Waals surface area contributed by atoms with Gasteiger partial charge < -0.3 is 5.32 Å². The highest BCUT2D eigenvalue weighted by Crippen LogP contribution is 2.31. The molecule has 1 unspecified atom stereocenters. The van der Waals surface area contributed by atoms with Crippen LogP contribution in [-0.4, -0.2) is 42.1 Å². The van der Waals surface area contributed by atoms with Crippen LogP contribution >= 0.6 is 11.8 Å². The van der Waals surface area contributed by atoms with Gasteiger partial charge in [-0.3, -0.25) is 14.5 Å². The zero-order valence-electron chi connectivity index (χ0n) is 17.0. The number of carbonyl (C=O) groups excluding carboxylic acids is 2.